The lowest BCUT2D eigenvalue weighted by molar-refractivity contribution is -0.113. The zero-order valence-corrected chi connectivity index (χ0v) is 16.5. The molecule has 6 nitrogen and oxygen atoms in total. The Bertz CT molecular complexity index is 1020. The Labute approximate surface area is 171 Å². The number of amides is 1. The quantitative estimate of drug-likeness (QED) is 0.456. The number of aryl methyl sites for hydroxylation is 1. The summed E-state index contributed by atoms with van der Waals surface area (Å²) in [6.07, 6.45) is 0.731. The van der Waals surface area contributed by atoms with Gasteiger partial charge in [0, 0.05) is 12.6 Å². The average Bonchev–Trinajstić information content (AvgIpc) is 2.68. The van der Waals surface area contributed by atoms with Crippen molar-refractivity contribution in [2.45, 2.75) is 18.1 Å². The number of rotatable bonds is 7. The summed E-state index contributed by atoms with van der Waals surface area (Å²) in [5, 5.41) is 3.62. The molecule has 3 aromatic rings. The Kier molecular flexibility index (Phi) is 6.73. The van der Waals surface area contributed by atoms with Crippen molar-refractivity contribution in [2.24, 2.45) is 0 Å². The maximum atomic E-state index is 12.3. The first-order chi connectivity index (χ1) is 13.5. The van der Waals surface area contributed by atoms with E-state index in [9.17, 15) is 9.59 Å². The lowest BCUT2D eigenvalue weighted by atomic mass is 10.1. The van der Waals surface area contributed by atoms with Gasteiger partial charge >= 0.3 is 0 Å². The van der Waals surface area contributed by atoms with Gasteiger partial charge in [-0.1, -0.05) is 65.8 Å². The molecule has 0 saturated carbocycles. The minimum Gasteiger partial charge on any atom is -0.385 e. The number of thioether (sulfide) groups is 1. The Morgan fingerprint density at radius 2 is 1.86 bits per heavy atom. The molecule has 0 spiro atoms. The van der Waals surface area contributed by atoms with Crippen molar-refractivity contribution in [3.05, 3.63) is 81.6 Å². The predicted octanol–water partition coefficient (Wildman–Crippen LogP) is 3.45. The number of benzene rings is 2. The lowest BCUT2D eigenvalue weighted by Crippen LogP contribution is -2.20. The van der Waals surface area contributed by atoms with Crippen molar-refractivity contribution < 1.29 is 4.79 Å². The number of carbonyl (C=O) groups excluding carboxylic acids is 1. The van der Waals surface area contributed by atoms with Gasteiger partial charge in [0.05, 0.1) is 16.5 Å². The third kappa shape index (κ3) is 5.37. The zero-order valence-electron chi connectivity index (χ0n) is 15.0. The first kappa shape index (κ1) is 20.0. The molecule has 0 aliphatic carbocycles. The minimum absolute atomic E-state index is 0.0758. The molecule has 0 atom stereocenters. The summed E-state index contributed by atoms with van der Waals surface area (Å²) in [5.74, 6) is 0.154. The highest BCUT2D eigenvalue weighted by atomic mass is 35.5. The van der Waals surface area contributed by atoms with Gasteiger partial charge in [0.25, 0.3) is 5.56 Å². The predicted molar refractivity (Wildman–Crippen MR) is 114 cm³/mol. The molecule has 3 rings (SSSR count). The van der Waals surface area contributed by atoms with Crippen LogP contribution in [0.15, 0.2) is 70.6 Å². The van der Waals surface area contributed by atoms with E-state index in [-0.39, 0.29) is 11.7 Å². The summed E-state index contributed by atoms with van der Waals surface area (Å²) >= 11 is 7.22. The third-order valence-electron chi connectivity index (χ3n) is 3.97. The molecule has 3 N–H and O–H groups in total. The molecule has 0 bridgehead atoms. The van der Waals surface area contributed by atoms with E-state index >= 15 is 0 Å². The van der Waals surface area contributed by atoms with Gasteiger partial charge in [0.1, 0.15) is 5.82 Å². The van der Waals surface area contributed by atoms with Gasteiger partial charge in [-0.3, -0.25) is 9.59 Å². The lowest BCUT2D eigenvalue weighted by Gasteiger charge is -2.15. The summed E-state index contributed by atoms with van der Waals surface area (Å²) in [6.45, 7) is 0.553. The summed E-state index contributed by atoms with van der Waals surface area (Å²) in [6, 6.07) is 18.2. The fraction of sp³-hybridized carbons (Fsp3) is 0.150. The minimum atomic E-state index is -0.428. The Morgan fingerprint density at radius 1 is 1.14 bits per heavy atom. The molecule has 0 radical (unpaired) electrons. The number of nitrogen functional groups attached to an aromatic ring is 1. The SMILES string of the molecule is Nc1cc(=O)nc(SCC(=O)Nc2ccccc2Cl)n1CCc1ccccc1. The highest BCUT2D eigenvalue weighted by molar-refractivity contribution is 7.99. The number of aromatic nitrogens is 2. The van der Waals surface area contributed by atoms with Crippen LogP contribution in [0.25, 0.3) is 0 Å². The molecule has 1 heterocycles. The summed E-state index contributed by atoms with van der Waals surface area (Å²) in [5.41, 5.74) is 7.28. The molecule has 28 heavy (non-hydrogen) atoms. The van der Waals surface area contributed by atoms with Gasteiger partial charge in [0.2, 0.25) is 5.91 Å². The van der Waals surface area contributed by atoms with Gasteiger partial charge in [-0.05, 0) is 24.1 Å². The number of hydrogen-bond donors (Lipinski definition) is 2. The van der Waals surface area contributed by atoms with Crippen LogP contribution in [-0.4, -0.2) is 21.2 Å². The molecule has 0 saturated heterocycles. The number of nitrogens with zero attached hydrogens (tertiary/aromatic N) is 2. The van der Waals surface area contributed by atoms with Crippen molar-refractivity contribution >= 4 is 40.8 Å². The van der Waals surface area contributed by atoms with E-state index in [4.69, 9.17) is 17.3 Å². The standard InChI is InChI=1S/C20H19ClN4O2S/c21-15-8-4-5-9-16(15)23-19(27)13-28-20-24-18(26)12-17(22)25(20)11-10-14-6-2-1-3-7-14/h1-9,12H,10-11,13,22H2,(H,23,27). The second-order valence-corrected chi connectivity index (χ2v) is 7.36. The van der Waals surface area contributed by atoms with E-state index in [1.807, 2.05) is 30.3 Å². The number of nitrogens with one attached hydrogen (secondary N) is 1. The smallest absolute Gasteiger partial charge is 0.275 e. The number of para-hydroxylation sites is 1. The Balaban J connectivity index is 1.69. The van der Waals surface area contributed by atoms with Crippen LogP contribution in [0.5, 0.6) is 0 Å². The maximum Gasteiger partial charge on any atom is 0.275 e. The van der Waals surface area contributed by atoms with Gasteiger partial charge in [-0.15, -0.1) is 0 Å². The first-order valence-electron chi connectivity index (χ1n) is 8.61. The molecule has 8 heteroatoms. The molecule has 0 fully saturated rings. The van der Waals surface area contributed by atoms with Gasteiger partial charge in [0.15, 0.2) is 5.16 Å². The Morgan fingerprint density at radius 3 is 2.61 bits per heavy atom. The van der Waals surface area contributed by atoms with Crippen molar-refractivity contribution in [1.29, 1.82) is 0 Å². The molecular weight excluding hydrogens is 396 g/mol. The highest BCUT2D eigenvalue weighted by Crippen LogP contribution is 2.22. The van der Waals surface area contributed by atoms with Crippen molar-refractivity contribution in [1.82, 2.24) is 9.55 Å². The largest absolute Gasteiger partial charge is 0.385 e. The highest BCUT2D eigenvalue weighted by Gasteiger charge is 2.12. The van der Waals surface area contributed by atoms with Crippen LogP contribution in [0.1, 0.15) is 5.56 Å². The van der Waals surface area contributed by atoms with E-state index in [1.54, 1.807) is 28.8 Å². The van der Waals surface area contributed by atoms with Gasteiger partial charge in [-0.2, -0.15) is 4.98 Å². The summed E-state index contributed by atoms with van der Waals surface area (Å²) < 4.78 is 1.75. The van der Waals surface area contributed by atoms with Crippen LogP contribution in [-0.2, 0) is 17.8 Å². The first-order valence-corrected chi connectivity index (χ1v) is 9.98. The molecule has 1 aromatic heterocycles. The average molecular weight is 415 g/mol. The van der Waals surface area contributed by atoms with Crippen LogP contribution >= 0.6 is 23.4 Å². The molecule has 0 aliphatic rings. The van der Waals surface area contributed by atoms with Gasteiger partial charge < -0.3 is 15.6 Å². The summed E-state index contributed by atoms with van der Waals surface area (Å²) in [7, 11) is 0. The van der Waals surface area contributed by atoms with E-state index in [0.29, 0.717) is 28.2 Å². The summed E-state index contributed by atoms with van der Waals surface area (Å²) in [4.78, 5) is 28.1. The fourth-order valence-corrected chi connectivity index (χ4v) is 3.62. The maximum absolute atomic E-state index is 12.3. The second-order valence-electron chi connectivity index (χ2n) is 6.01. The third-order valence-corrected chi connectivity index (χ3v) is 5.27. The van der Waals surface area contributed by atoms with E-state index < -0.39 is 5.56 Å². The number of nitrogens with two attached hydrogens (primary N) is 1. The molecule has 0 aliphatic heterocycles. The van der Waals surface area contributed by atoms with Crippen molar-refractivity contribution in [3.63, 3.8) is 0 Å². The Hall–Kier alpha value is -2.77. The van der Waals surface area contributed by atoms with E-state index in [0.717, 1.165) is 23.7 Å². The number of halogens is 1. The topological polar surface area (TPSA) is 90.0 Å². The number of carbonyl (C=O) groups is 1. The second kappa shape index (κ2) is 9.43. The normalized spacial score (nSPS) is 10.6. The zero-order chi connectivity index (χ0) is 19.9. The number of anilines is 2. The van der Waals surface area contributed by atoms with Crippen molar-refractivity contribution in [2.75, 3.05) is 16.8 Å². The van der Waals surface area contributed by atoms with Gasteiger partial charge in [-0.25, -0.2) is 0 Å². The van der Waals surface area contributed by atoms with E-state index in [2.05, 4.69) is 10.3 Å². The molecule has 144 valence electrons. The van der Waals surface area contributed by atoms with Crippen LogP contribution in [0, 0.1) is 0 Å². The van der Waals surface area contributed by atoms with Crippen LogP contribution in [0.3, 0.4) is 0 Å². The number of hydrogen-bond acceptors (Lipinski definition) is 5. The molecular formula is C20H19ClN4O2S. The monoisotopic (exact) mass is 414 g/mol. The molecule has 0 unspecified atom stereocenters. The fourth-order valence-electron chi connectivity index (χ4n) is 2.60. The van der Waals surface area contributed by atoms with Crippen LogP contribution in [0.2, 0.25) is 5.02 Å². The molecule has 2 aromatic carbocycles. The van der Waals surface area contributed by atoms with E-state index in [1.165, 1.54) is 6.07 Å². The van der Waals surface area contributed by atoms with Crippen LogP contribution in [0.4, 0.5) is 11.5 Å². The molecule has 1 amide bonds. The van der Waals surface area contributed by atoms with Crippen molar-refractivity contribution in [3.8, 4) is 0 Å². The van der Waals surface area contributed by atoms with Crippen LogP contribution < -0.4 is 16.6 Å².